The summed E-state index contributed by atoms with van der Waals surface area (Å²) in [6.07, 6.45) is 2.84. The molecule has 0 saturated carbocycles. The van der Waals surface area contributed by atoms with Crippen LogP contribution in [0, 0.1) is 0 Å². The molecule has 5 nitrogen and oxygen atoms in total. The first-order valence-electron chi connectivity index (χ1n) is 6.96. The van der Waals surface area contributed by atoms with Crippen molar-refractivity contribution in [1.29, 1.82) is 0 Å². The Morgan fingerprint density at radius 2 is 2.14 bits per heavy atom. The zero-order chi connectivity index (χ0) is 15.5. The van der Waals surface area contributed by atoms with Crippen molar-refractivity contribution >= 4 is 10.0 Å². The van der Waals surface area contributed by atoms with Crippen LogP contribution >= 0.6 is 0 Å². The van der Waals surface area contributed by atoms with Crippen LogP contribution in [0.15, 0.2) is 34.7 Å². The highest BCUT2D eigenvalue weighted by atomic mass is 32.2. The van der Waals surface area contributed by atoms with Crippen molar-refractivity contribution < 1.29 is 13.2 Å². The molecule has 0 unspecified atom stereocenters. The van der Waals surface area contributed by atoms with Crippen LogP contribution in [0.3, 0.4) is 0 Å². The van der Waals surface area contributed by atoms with Crippen LogP contribution in [0.2, 0.25) is 0 Å². The van der Waals surface area contributed by atoms with Crippen LogP contribution < -0.4 is 10.1 Å². The Bertz CT molecular complexity index is 638. The molecule has 0 fully saturated rings. The fraction of sp³-hybridized carbons (Fsp3) is 0.467. The highest BCUT2D eigenvalue weighted by Crippen LogP contribution is 2.29. The Kier molecular flexibility index (Phi) is 5.03. The van der Waals surface area contributed by atoms with Crippen molar-refractivity contribution in [3.63, 3.8) is 0 Å². The standard InChI is InChI=1S/C15H22N2O3S/c1-12-5-4-8-17(11-12)21(18,19)15-9-13(10-16-2)6-7-14(15)20-3/h5-7,9,16H,4,8,10-11H2,1-3H3. The molecular weight excluding hydrogens is 288 g/mol. The second kappa shape index (κ2) is 6.60. The van der Waals surface area contributed by atoms with E-state index in [0.717, 1.165) is 17.6 Å². The lowest BCUT2D eigenvalue weighted by molar-refractivity contribution is 0.392. The van der Waals surface area contributed by atoms with E-state index in [0.29, 0.717) is 25.4 Å². The van der Waals surface area contributed by atoms with Gasteiger partial charge in [-0.1, -0.05) is 17.7 Å². The first kappa shape index (κ1) is 16.0. The van der Waals surface area contributed by atoms with Crippen molar-refractivity contribution in [2.24, 2.45) is 0 Å². The van der Waals surface area contributed by atoms with Gasteiger partial charge in [0.2, 0.25) is 10.0 Å². The number of benzene rings is 1. The first-order valence-corrected chi connectivity index (χ1v) is 8.40. The topological polar surface area (TPSA) is 58.6 Å². The van der Waals surface area contributed by atoms with E-state index < -0.39 is 10.0 Å². The van der Waals surface area contributed by atoms with Crippen molar-refractivity contribution in [1.82, 2.24) is 9.62 Å². The van der Waals surface area contributed by atoms with E-state index in [1.54, 1.807) is 12.1 Å². The molecule has 1 aliphatic heterocycles. The zero-order valence-corrected chi connectivity index (χ0v) is 13.5. The minimum Gasteiger partial charge on any atom is -0.495 e. The monoisotopic (exact) mass is 310 g/mol. The quantitative estimate of drug-likeness (QED) is 0.842. The van der Waals surface area contributed by atoms with Gasteiger partial charge in [-0.2, -0.15) is 4.31 Å². The summed E-state index contributed by atoms with van der Waals surface area (Å²) in [7, 11) is -0.215. The molecule has 1 aliphatic rings. The molecule has 21 heavy (non-hydrogen) atoms. The molecule has 2 rings (SSSR count). The van der Waals surface area contributed by atoms with Crippen molar-refractivity contribution in [3.8, 4) is 5.75 Å². The van der Waals surface area contributed by atoms with E-state index in [1.165, 1.54) is 11.4 Å². The highest BCUT2D eigenvalue weighted by Gasteiger charge is 2.29. The highest BCUT2D eigenvalue weighted by molar-refractivity contribution is 7.89. The maximum atomic E-state index is 12.9. The molecule has 0 saturated heterocycles. The Hall–Kier alpha value is -1.37. The Morgan fingerprint density at radius 3 is 2.76 bits per heavy atom. The molecule has 116 valence electrons. The van der Waals surface area contributed by atoms with E-state index in [9.17, 15) is 8.42 Å². The number of methoxy groups -OCH3 is 1. The smallest absolute Gasteiger partial charge is 0.247 e. The van der Waals surface area contributed by atoms with Gasteiger partial charge in [-0.3, -0.25) is 0 Å². The number of nitrogens with zero attached hydrogens (tertiary/aromatic N) is 1. The molecule has 1 heterocycles. The molecule has 1 aromatic carbocycles. The molecule has 1 N–H and O–H groups in total. The number of nitrogens with one attached hydrogen (secondary N) is 1. The van der Waals surface area contributed by atoms with Gasteiger partial charge in [-0.15, -0.1) is 0 Å². The van der Waals surface area contributed by atoms with Gasteiger partial charge >= 0.3 is 0 Å². The van der Waals surface area contributed by atoms with Crippen molar-refractivity contribution in [3.05, 3.63) is 35.4 Å². The minimum absolute atomic E-state index is 0.243. The van der Waals surface area contributed by atoms with E-state index in [2.05, 4.69) is 11.4 Å². The summed E-state index contributed by atoms with van der Waals surface area (Å²) >= 11 is 0. The molecule has 0 aliphatic carbocycles. The fourth-order valence-electron chi connectivity index (χ4n) is 2.46. The number of hydrogen-bond acceptors (Lipinski definition) is 4. The number of rotatable bonds is 5. The number of hydrogen-bond donors (Lipinski definition) is 1. The molecule has 0 radical (unpaired) electrons. The third-order valence-corrected chi connectivity index (χ3v) is 5.39. The van der Waals surface area contributed by atoms with Crippen LogP contribution in [-0.4, -0.2) is 40.0 Å². The van der Waals surface area contributed by atoms with Gasteiger partial charge < -0.3 is 10.1 Å². The van der Waals surface area contributed by atoms with Gasteiger partial charge in [0.25, 0.3) is 0 Å². The van der Waals surface area contributed by atoms with E-state index in [4.69, 9.17) is 4.74 Å². The summed E-state index contributed by atoms with van der Waals surface area (Å²) in [6.45, 7) is 3.53. The molecule has 0 bridgehead atoms. The lowest BCUT2D eigenvalue weighted by Gasteiger charge is -2.26. The van der Waals surface area contributed by atoms with Crippen LogP contribution in [0.1, 0.15) is 18.9 Å². The maximum absolute atomic E-state index is 12.9. The van der Waals surface area contributed by atoms with Gasteiger partial charge in [-0.25, -0.2) is 8.42 Å². The largest absolute Gasteiger partial charge is 0.495 e. The average Bonchev–Trinajstić information content (AvgIpc) is 2.47. The average molecular weight is 310 g/mol. The zero-order valence-electron chi connectivity index (χ0n) is 12.7. The van der Waals surface area contributed by atoms with Crippen LogP contribution in [0.25, 0.3) is 0 Å². The second-order valence-corrected chi connectivity index (χ2v) is 7.10. The number of ether oxygens (including phenoxy) is 1. The molecule has 0 atom stereocenters. The van der Waals surface area contributed by atoms with Gasteiger partial charge in [0.15, 0.2) is 0 Å². The molecule has 1 aromatic rings. The Labute approximate surface area is 126 Å². The molecule has 0 aromatic heterocycles. The SMILES string of the molecule is CNCc1ccc(OC)c(S(=O)(=O)N2CCC=C(C)C2)c1. The lowest BCUT2D eigenvalue weighted by atomic mass is 10.2. The maximum Gasteiger partial charge on any atom is 0.247 e. The summed E-state index contributed by atoms with van der Waals surface area (Å²) < 4.78 is 32.5. The van der Waals surface area contributed by atoms with Gasteiger partial charge in [0.1, 0.15) is 10.6 Å². The Balaban J connectivity index is 2.42. The summed E-state index contributed by atoms with van der Waals surface area (Å²) in [5.41, 5.74) is 2.00. The normalized spacial score (nSPS) is 16.6. The summed E-state index contributed by atoms with van der Waals surface area (Å²) in [4.78, 5) is 0.243. The fourth-order valence-corrected chi connectivity index (χ4v) is 4.16. The summed E-state index contributed by atoms with van der Waals surface area (Å²) in [6, 6.07) is 5.28. The van der Waals surface area contributed by atoms with Crippen LogP contribution in [-0.2, 0) is 16.6 Å². The van der Waals surface area contributed by atoms with Crippen molar-refractivity contribution in [2.75, 3.05) is 27.2 Å². The van der Waals surface area contributed by atoms with E-state index in [-0.39, 0.29) is 4.90 Å². The molecule has 6 heteroatoms. The first-order chi connectivity index (χ1) is 9.98. The van der Waals surface area contributed by atoms with Gasteiger partial charge in [-0.05, 0) is 38.1 Å². The van der Waals surface area contributed by atoms with Crippen LogP contribution in [0.4, 0.5) is 0 Å². The van der Waals surface area contributed by atoms with E-state index >= 15 is 0 Å². The van der Waals surface area contributed by atoms with Crippen LogP contribution in [0.5, 0.6) is 5.75 Å². The second-order valence-electron chi connectivity index (χ2n) is 5.19. The van der Waals surface area contributed by atoms with Gasteiger partial charge in [0.05, 0.1) is 7.11 Å². The molecular formula is C15H22N2O3S. The summed E-state index contributed by atoms with van der Waals surface area (Å²) in [5.74, 6) is 0.391. The third-order valence-electron chi connectivity index (χ3n) is 3.52. The Morgan fingerprint density at radius 1 is 1.38 bits per heavy atom. The molecule has 0 amide bonds. The lowest BCUT2D eigenvalue weighted by Crippen LogP contribution is -2.35. The number of sulfonamides is 1. The molecule has 0 spiro atoms. The van der Waals surface area contributed by atoms with E-state index in [1.807, 2.05) is 20.0 Å². The summed E-state index contributed by atoms with van der Waals surface area (Å²) in [5, 5.41) is 3.03. The predicted octanol–water partition coefficient (Wildman–Crippen LogP) is 1.76. The van der Waals surface area contributed by atoms with Crippen molar-refractivity contribution in [2.45, 2.75) is 24.8 Å². The van der Waals surface area contributed by atoms with Gasteiger partial charge in [0, 0.05) is 19.6 Å². The minimum atomic E-state index is -3.54. The predicted molar refractivity (Wildman–Crippen MR) is 82.9 cm³/mol. The third kappa shape index (κ3) is 3.45.